The van der Waals surface area contributed by atoms with E-state index in [2.05, 4.69) is 56.0 Å². The summed E-state index contributed by atoms with van der Waals surface area (Å²) in [6, 6.07) is 20.5. The predicted molar refractivity (Wildman–Crippen MR) is 119 cm³/mol. The summed E-state index contributed by atoms with van der Waals surface area (Å²) >= 11 is 0. The first-order chi connectivity index (χ1) is 15.2. The fourth-order valence-electron chi connectivity index (χ4n) is 4.19. The Hall–Kier alpha value is -3.84. The van der Waals surface area contributed by atoms with Gasteiger partial charge in [0.2, 0.25) is 0 Å². The topological polar surface area (TPSA) is 87.4 Å². The van der Waals surface area contributed by atoms with E-state index in [4.69, 9.17) is 10.7 Å². The zero-order valence-electron chi connectivity index (χ0n) is 16.9. The molecule has 7 heteroatoms. The number of hydrogen-bond acceptors (Lipinski definition) is 5. The summed E-state index contributed by atoms with van der Waals surface area (Å²) in [7, 11) is 0. The molecular weight excluding hydrogens is 386 g/mol. The van der Waals surface area contributed by atoms with E-state index in [-0.39, 0.29) is 5.54 Å². The molecule has 0 bridgehead atoms. The highest BCUT2D eigenvalue weighted by molar-refractivity contribution is 5.80. The van der Waals surface area contributed by atoms with E-state index in [0.29, 0.717) is 11.6 Å². The lowest BCUT2D eigenvalue weighted by molar-refractivity contribution is 0.253. The zero-order chi connectivity index (χ0) is 20.8. The number of aromatic nitrogens is 6. The summed E-state index contributed by atoms with van der Waals surface area (Å²) < 4.78 is 3.73. The molecule has 152 valence electrons. The third-order valence-corrected chi connectivity index (χ3v) is 6.09. The molecule has 0 unspecified atom stereocenters. The number of para-hydroxylation sites is 1. The van der Waals surface area contributed by atoms with E-state index >= 15 is 0 Å². The molecule has 2 N–H and O–H groups in total. The average Bonchev–Trinajstić information content (AvgIpc) is 3.46. The van der Waals surface area contributed by atoms with Crippen molar-refractivity contribution < 1.29 is 0 Å². The van der Waals surface area contributed by atoms with Gasteiger partial charge in [0.1, 0.15) is 11.3 Å². The van der Waals surface area contributed by atoms with Crippen LogP contribution >= 0.6 is 0 Å². The van der Waals surface area contributed by atoms with Crippen LogP contribution in [0.3, 0.4) is 0 Å². The van der Waals surface area contributed by atoms with Gasteiger partial charge in [-0.3, -0.25) is 4.57 Å². The van der Waals surface area contributed by atoms with Crippen LogP contribution in [0.15, 0.2) is 79.3 Å². The second-order valence-corrected chi connectivity index (χ2v) is 8.02. The van der Waals surface area contributed by atoms with Crippen molar-refractivity contribution >= 4 is 11.2 Å². The Morgan fingerprint density at radius 1 is 0.903 bits per heavy atom. The fraction of sp³-hybridized carbons (Fsp3) is 0.167. The van der Waals surface area contributed by atoms with Crippen LogP contribution < -0.4 is 5.73 Å². The van der Waals surface area contributed by atoms with E-state index in [1.807, 2.05) is 30.5 Å². The number of fused-ring (bicyclic) bond motifs is 1. The summed E-state index contributed by atoms with van der Waals surface area (Å²) in [5, 5.41) is 4.23. The first-order valence-corrected chi connectivity index (χ1v) is 10.4. The van der Waals surface area contributed by atoms with E-state index in [0.717, 1.165) is 35.4 Å². The number of nitrogens with two attached hydrogens (primary N) is 1. The van der Waals surface area contributed by atoms with E-state index < -0.39 is 0 Å². The first-order valence-electron chi connectivity index (χ1n) is 10.4. The lowest BCUT2D eigenvalue weighted by atomic mass is 9.73. The van der Waals surface area contributed by atoms with Gasteiger partial charge >= 0.3 is 0 Å². The van der Waals surface area contributed by atoms with Crippen LogP contribution in [0, 0.1) is 0 Å². The number of benzene rings is 2. The Labute approximate surface area is 179 Å². The van der Waals surface area contributed by atoms with Gasteiger partial charge in [-0.05, 0) is 43.0 Å². The Bertz CT molecular complexity index is 1350. The van der Waals surface area contributed by atoms with Gasteiger partial charge in [0.05, 0.1) is 6.20 Å². The normalized spacial score (nSPS) is 15.1. The maximum absolute atomic E-state index is 6.51. The summed E-state index contributed by atoms with van der Waals surface area (Å²) in [4.78, 5) is 14.1. The quantitative estimate of drug-likeness (QED) is 0.486. The van der Waals surface area contributed by atoms with Crippen LogP contribution in [-0.4, -0.2) is 29.3 Å². The van der Waals surface area contributed by atoms with Crippen molar-refractivity contribution in [1.82, 2.24) is 29.3 Å². The fourth-order valence-corrected chi connectivity index (χ4v) is 4.19. The Balaban J connectivity index is 1.52. The number of rotatable bonds is 4. The highest BCUT2D eigenvalue weighted by Crippen LogP contribution is 2.39. The van der Waals surface area contributed by atoms with Crippen LogP contribution in [0.1, 0.15) is 24.8 Å². The first kappa shape index (κ1) is 18.0. The minimum Gasteiger partial charge on any atom is -0.321 e. The van der Waals surface area contributed by atoms with E-state index in [1.165, 1.54) is 12.0 Å². The molecule has 6 rings (SSSR count). The highest BCUT2D eigenvalue weighted by Gasteiger charge is 2.34. The molecular formula is C24H21N7. The van der Waals surface area contributed by atoms with Crippen LogP contribution in [0.5, 0.6) is 0 Å². The molecule has 0 atom stereocenters. The lowest BCUT2D eigenvalue weighted by Gasteiger charge is -2.38. The third kappa shape index (κ3) is 2.93. The Morgan fingerprint density at radius 3 is 2.39 bits per heavy atom. The van der Waals surface area contributed by atoms with Crippen molar-refractivity contribution in [1.29, 1.82) is 0 Å². The van der Waals surface area contributed by atoms with Crippen LogP contribution in [0.25, 0.3) is 34.2 Å². The predicted octanol–water partition coefficient (Wildman–Crippen LogP) is 4.01. The van der Waals surface area contributed by atoms with Gasteiger partial charge in [-0.25, -0.2) is 14.6 Å². The van der Waals surface area contributed by atoms with E-state index in [9.17, 15) is 0 Å². The van der Waals surface area contributed by atoms with Crippen molar-refractivity contribution in [3.05, 3.63) is 84.8 Å². The zero-order valence-corrected chi connectivity index (χ0v) is 16.9. The molecule has 1 aliphatic carbocycles. The monoisotopic (exact) mass is 407 g/mol. The van der Waals surface area contributed by atoms with Gasteiger partial charge in [0.25, 0.3) is 5.95 Å². The van der Waals surface area contributed by atoms with Crippen molar-refractivity contribution in [2.24, 2.45) is 5.73 Å². The van der Waals surface area contributed by atoms with Gasteiger partial charge in [-0.1, -0.05) is 42.5 Å². The third-order valence-electron chi connectivity index (χ3n) is 6.09. The summed E-state index contributed by atoms with van der Waals surface area (Å²) in [5.41, 5.74) is 11.0. The number of nitrogens with zero attached hydrogens (tertiary/aromatic N) is 6. The Morgan fingerprint density at radius 2 is 1.71 bits per heavy atom. The van der Waals surface area contributed by atoms with Gasteiger partial charge in [-0.15, -0.1) is 0 Å². The number of hydrogen-bond donors (Lipinski definition) is 1. The minimum absolute atomic E-state index is 0.178. The molecule has 1 saturated carbocycles. The molecule has 0 radical (unpaired) electrons. The molecule has 1 aliphatic rings. The molecule has 0 spiro atoms. The van der Waals surface area contributed by atoms with Crippen LogP contribution in [0.2, 0.25) is 0 Å². The van der Waals surface area contributed by atoms with Crippen LogP contribution in [-0.2, 0) is 5.54 Å². The maximum Gasteiger partial charge on any atom is 0.252 e. The minimum atomic E-state index is -0.178. The van der Waals surface area contributed by atoms with Crippen molar-refractivity contribution in [2.45, 2.75) is 24.8 Å². The largest absolute Gasteiger partial charge is 0.321 e. The van der Waals surface area contributed by atoms with Gasteiger partial charge in [0.15, 0.2) is 5.65 Å². The molecule has 2 aromatic carbocycles. The summed E-state index contributed by atoms with van der Waals surface area (Å²) in [6.07, 6.45) is 8.61. The number of imidazole rings is 1. The molecule has 5 aromatic rings. The van der Waals surface area contributed by atoms with Gasteiger partial charge in [0, 0.05) is 29.2 Å². The SMILES string of the molecule is NC1(c2ccc(-c3nc4nc(-n5cccn5)ncc4n3-c3ccccc3)cc2)CCC1. The van der Waals surface area contributed by atoms with Crippen LogP contribution in [0.4, 0.5) is 0 Å². The molecule has 0 amide bonds. The molecule has 7 nitrogen and oxygen atoms in total. The Kier molecular flexibility index (Phi) is 3.97. The lowest BCUT2D eigenvalue weighted by Crippen LogP contribution is -2.43. The second-order valence-electron chi connectivity index (χ2n) is 8.02. The molecule has 31 heavy (non-hydrogen) atoms. The summed E-state index contributed by atoms with van der Waals surface area (Å²) in [5.74, 6) is 1.31. The second kappa shape index (κ2) is 6.85. The standard InChI is InChI=1S/C24H21N7/c25-24(12-4-13-24)18-10-8-17(9-11-18)22-28-21-20(31(22)19-6-2-1-3-7-19)16-26-23(29-21)30-15-5-14-27-30/h1-3,5-11,14-16H,4,12-13,25H2. The molecule has 0 saturated heterocycles. The smallest absolute Gasteiger partial charge is 0.252 e. The van der Waals surface area contributed by atoms with Crippen molar-refractivity contribution in [3.63, 3.8) is 0 Å². The van der Waals surface area contributed by atoms with E-state index in [1.54, 1.807) is 17.1 Å². The average molecular weight is 407 g/mol. The maximum atomic E-state index is 6.51. The molecule has 0 aliphatic heterocycles. The van der Waals surface area contributed by atoms with Gasteiger partial charge < -0.3 is 5.73 Å². The molecule has 3 aromatic heterocycles. The molecule has 1 fully saturated rings. The molecule has 3 heterocycles. The van der Waals surface area contributed by atoms with Gasteiger partial charge in [-0.2, -0.15) is 10.1 Å². The van der Waals surface area contributed by atoms with Crippen molar-refractivity contribution in [2.75, 3.05) is 0 Å². The van der Waals surface area contributed by atoms with Crippen molar-refractivity contribution in [3.8, 4) is 23.0 Å². The highest BCUT2D eigenvalue weighted by atomic mass is 15.3. The summed E-state index contributed by atoms with van der Waals surface area (Å²) in [6.45, 7) is 0.